The van der Waals surface area contributed by atoms with Gasteiger partial charge < -0.3 is 4.74 Å². The first-order valence-electron chi connectivity index (χ1n) is 11.5. The smallest absolute Gasteiger partial charge is 0.264 e. The molecular formula is C26H27N3O3S2. The van der Waals surface area contributed by atoms with Gasteiger partial charge in [-0.05, 0) is 81.0 Å². The van der Waals surface area contributed by atoms with Crippen molar-refractivity contribution >= 4 is 37.3 Å². The van der Waals surface area contributed by atoms with E-state index in [1.807, 2.05) is 32.0 Å². The fourth-order valence-corrected chi connectivity index (χ4v) is 7.38. The summed E-state index contributed by atoms with van der Waals surface area (Å²) in [4.78, 5) is 11.8. The van der Waals surface area contributed by atoms with Crippen molar-refractivity contribution in [3.63, 3.8) is 0 Å². The number of hydrogen-bond acceptors (Lipinski definition) is 6. The lowest BCUT2D eigenvalue weighted by Crippen LogP contribution is -2.30. The molecule has 0 saturated carbocycles. The van der Waals surface area contributed by atoms with E-state index in [-0.39, 0.29) is 4.90 Å². The van der Waals surface area contributed by atoms with Crippen molar-refractivity contribution in [2.24, 2.45) is 5.92 Å². The first-order valence-corrected chi connectivity index (χ1v) is 13.8. The minimum Gasteiger partial charge on any atom is -0.438 e. The van der Waals surface area contributed by atoms with Crippen LogP contribution in [0.15, 0.2) is 59.5 Å². The van der Waals surface area contributed by atoms with E-state index < -0.39 is 10.0 Å². The number of aryl methyl sites for hydroxylation is 2. The van der Waals surface area contributed by atoms with E-state index >= 15 is 0 Å². The SMILES string of the molecule is CCN(c1ccccc1)S(=O)(=O)c1ccc(Oc2nc(C)nc3sc4c(c23)CC[C@H](C)C4)cc1. The van der Waals surface area contributed by atoms with Crippen LogP contribution in [0.3, 0.4) is 0 Å². The minimum atomic E-state index is -3.69. The van der Waals surface area contributed by atoms with Gasteiger partial charge in [0.05, 0.1) is 16.0 Å². The van der Waals surface area contributed by atoms with Gasteiger partial charge in [-0.2, -0.15) is 4.98 Å². The van der Waals surface area contributed by atoms with Gasteiger partial charge in [0.2, 0.25) is 5.88 Å². The molecule has 0 saturated heterocycles. The van der Waals surface area contributed by atoms with Crippen LogP contribution in [-0.2, 0) is 22.9 Å². The van der Waals surface area contributed by atoms with Gasteiger partial charge in [0.25, 0.3) is 10.0 Å². The van der Waals surface area contributed by atoms with Crippen molar-refractivity contribution < 1.29 is 13.2 Å². The molecule has 0 N–H and O–H groups in total. The molecule has 1 atom stereocenters. The van der Waals surface area contributed by atoms with Crippen LogP contribution in [0.25, 0.3) is 10.2 Å². The number of ether oxygens (including phenoxy) is 1. The number of nitrogens with zero attached hydrogens (tertiary/aromatic N) is 3. The highest BCUT2D eigenvalue weighted by atomic mass is 32.2. The first kappa shape index (κ1) is 22.8. The lowest BCUT2D eigenvalue weighted by atomic mass is 9.89. The number of hydrogen-bond donors (Lipinski definition) is 0. The normalized spacial score (nSPS) is 15.8. The molecule has 0 spiro atoms. The zero-order chi connectivity index (χ0) is 23.9. The molecule has 1 aliphatic rings. The predicted molar refractivity (Wildman–Crippen MR) is 137 cm³/mol. The van der Waals surface area contributed by atoms with Gasteiger partial charge in [0.1, 0.15) is 16.4 Å². The molecule has 2 heterocycles. The van der Waals surface area contributed by atoms with E-state index in [1.54, 1.807) is 47.7 Å². The standard InChI is InChI=1S/C26H27N3O3S2/c1-4-29(19-8-6-5-7-9-19)34(30,31)21-13-11-20(12-14-21)32-25-24-22-15-10-17(2)16-23(22)33-26(24)28-18(3)27-25/h5-9,11-14,17H,4,10,15-16H2,1-3H3/t17-/m0/s1. The summed E-state index contributed by atoms with van der Waals surface area (Å²) in [5, 5.41) is 0.996. The van der Waals surface area contributed by atoms with E-state index in [1.165, 1.54) is 14.7 Å². The molecule has 0 amide bonds. The first-order chi connectivity index (χ1) is 16.4. The van der Waals surface area contributed by atoms with Gasteiger partial charge in [-0.3, -0.25) is 4.31 Å². The largest absolute Gasteiger partial charge is 0.438 e. The van der Waals surface area contributed by atoms with Crippen molar-refractivity contribution in [1.82, 2.24) is 9.97 Å². The summed E-state index contributed by atoms with van der Waals surface area (Å²) in [5.74, 6) is 2.43. The topological polar surface area (TPSA) is 72.4 Å². The van der Waals surface area contributed by atoms with Crippen LogP contribution in [0, 0.1) is 12.8 Å². The molecule has 176 valence electrons. The molecule has 8 heteroatoms. The Morgan fingerprint density at radius 2 is 1.82 bits per heavy atom. The van der Waals surface area contributed by atoms with Crippen molar-refractivity contribution in [1.29, 1.82) is 0 Å². The van der Waals surface area contributed by atoms with Crippen molar-refractivity contribution in [3.05, 3.63) is 70.9 Å². The second kappa shape index (κ2) is 9.00. The summed E-state index contributed by atoms with van der Waals surface area (Å²) in [7, 11) is -3.69. The van der Waals surface area contributed by atoms with E-state index in [4.69, 9.17) is 4.74 Å². The number of thiophene rings is 1. The molecule has 6 nitrogen and oxygen atoms in total. The van der Waals surface area contributed by atoms with Gasteiger partial charge in [-0.15, -0.1) is 11.3 Å². The van der Waals surface area contributed by atoms with Gasteiger partial charge >= 0.3 is 0 Å². The van der Waals surface area contributed by atoms with Gasteiger partial charge in [0, 0.05) is 11.4 Å². The lowest BCUT2D eigenvalue weighted by Gasteiger charge is -2.23. The summed E-state index contributed by atoms with van der Waals surface area (Å²) in [6.45, 7) is 6.32. The second-order valence-corrected chi connectivity index (χ2v) is 11.6. The van der Waals surface area contributed by atoms with Crippen LogP contribution in [0.4, 0.5) is 5.69 Å². The Hall–Kier alpha value is -2.97. The maximum Gasteiger partial charge on any atom is 0.264 e. The quantitative estimate of drug-likeness (QED) is 0.323. The summed E-state index contributed by atoms with van der Waals surface area (Å²) in [5.41, 5.74) is 1.94. The van der Waals surface area contributed by atoms with E-state index in [0.717, 1.165) is 29.5 Å². The predicted octanol–water partition coefficient (Wildman–Crippen LogP) is 6.13. The highest BCUT2D eigenvalue weighted by Gasteiger charge is 2.26. The Kier molecular flexibility index (Phi) is 6.04. The Morgan fingerprint density at radius 3 is 2.53 bits per heavy atom. The highest BCUT2D eigenvalue weighted by Crippen LogP contribution is 2.42. The number of rotatable bonds is 6. The summed E-state index contributed by atoms with van der Waals surface area (Å²) in [6, 6.07) is 15.7. The Labute approximate surface area is 204 Å². The van der Waals surface area contributed by atoms with E-state index in [0.29, 0.717) is 35.6 Å². The van der Waals surface area contributed by atoms with Crippen LogP contribution in [0.5, 0.6) is 11.6 Å². The average molecular weight is 494 g/mol. The average Bonchev–Trinajstić information content (AvgIpc) is 3.17. The third kappa shape index (κ3) is 4.16. The molecule has 5 rings (SSSR count). The Bertz CT molecular complexity index is 1430. The molecule has 0 fully saturated rings. The maximum atomic E-state index is 13.3. The lowest BCUT2D eigenvalue weighted by molar-refractivity contribution is 0.464. The summed E-state index contributed by atoms with van der Waals surface area (Å²) >= 11 is 1.74. The fraction of sp³-hybridized carbons (Fsp3) is 0.308. The minimum absolute atomic E-state index is 0.219. The molecular weight excluding hydrogens is 466 g/mol. The molecule has 4 aromatic rings. The van der Waals surface area contributed by atoms with Gasteiger partial charge in [-0.1, -0.05) is 25.1 Å². The van der Waals surface area contributed by atoms with Crippen molar-refractivity contribution in [2.75, 3.05) is 10.8 Å². The summed E-state index contributed by atoms with van der Waals surface area (Å²) < 4.78 is 34.2. The zero-order valence-corrected chi connectivity index (χ0v) is 21.1. The highest BCUT2D eigenvalue weighted by molar-refractivity contribution is 7.92. The Morgan fingerprint density at radius 1 is 1.09 bits per heavy atom. The number of benzene rings is 2. The molecule has 2 aromatic carbocycles. The second-order valence-electron chi connectivity index (χ2n) is 8.69. The Balaban J connectivity index is 1.46. The number of fused-ring (bicyclic) bond motifs is 3. The maximum absolute atomic E-state index is 13.3. The van der Waals surface area contributed by atoms with Crippen LogP contribution < -0.4 is 9.04 Å². The molecule has 34 heavy (non-hydrogen) atoms. The zero-order valence-electron chi connectivity index (χ0n) is 19.5. The number of para-hydroxylation sites is 1. The molecule has 2 aromatic heterocycles. The number of aromatic nitrogens is 2. The van der Waals surface area contributed by atoms with E-state index in [2.05, 4.69) is 16.9 Å². The molecule has 0 bridgehead atoms. The van der Waals surface area contributed by atoms with Crippen LogP contribution in [0.2, 0.25) is 0 Å². The molecule has 0 unspecified atom stereocenters. The van der Waals surface area contributed by atoms with Gasteiger partial charge in [-0.25, -0.2) is 13.4 Å². The monoisotopic (exact) mass is 493 g/mol. The summed E-state index contributed by atoms with van der Waals surface area (Å²) in [6.07, 6.45) is 3.22. The fourth-order valence-electron chi connectivity index (χ4n) is 4.49. The number of sulfonamides is 1. The van der Waals surface area contributed by atoms with Crippen LogP contribution in [0.1, 0.15) is 36.5 Å². The van der Waals surface area contributed by atoms with Gasteiger partial charge in [0.15, 0.2) is 0 Å². The van der Waals surface area contributed by atoms with Crippen LogP contribution in [-0.4, -0.2) is 24.9 Å². The molecule has 0 aliphatic heterocycles. The third-order valence-electron chi connectivity index (χ3n) is 6.19. The third-order valence-corrected chi connectivity index (χ3v) is 9.26. The van der Waals surface area contributed by atoms with Crippen LogP contribution >= 0.6 is 11.3 Å². The van der Waals surface area contributed by atoms with Crippen molar-refractivity contribution in [2.45, 2.75) is 44.9 Å². The molecule has 1 aliphatic carbocycles. The molecule has 0 radical (unpaired) electrons. The van der Waals surface area contributed by atoms with E-state index in [9.17, 15) is 8.42 Å². The number of anilines is 1. The van der Waals surface area contributed by atoms with Crippen molar-refractivity contribution in [3.8, 4) is 11.6 Å².